The molecule has 6 rings (SSSR count). The van der Waals surface area contributed by atoms with Gasteiger partial charge in [-0.3, -0.25) is 20.0 Å². The Morgan fingerprint density at radius 3 is 2.33 bits per heavy atom. The number of para-hydroxylation sites is 1. The predicted molar refractivity (Wildman–Crippen MR) is 167 cm³/mol. The fourth-order valence-corrected chi connectivity index (χ4v) is 7.40. The summed E-state index contributed by atoms with van der Waals surface area (Å²) in [6, 6.07) is 24.3. The summed E-state index contributed by atoms with van der Waals surface area (Å²) >= 11 is 0. The van der Waals surface area contributed by atoms with Crippen molar-refractivity contribution in [1.29, 1.82) is 5.26 Å². The molecular formula is C33H30N6O5S. The summed E-state index contributed by atoms with van der Waals surface area (Å²) in [5, 5.41) is 11.6. The largest absolute Gasteiger partial charge is 0.494 e. The molecule has 2 aliphatic rings. The van der Waals surface area contributed by atoms with Gasteiger partial charge in [-0.1, -0.05) is 36.4 Å². The number of nitrogens with one attached hydrogen (secondary N) is 1. The van der Waals surface area contributed by atoms with Crippen LogP contribution in [0.1, 0.15) is 23.6 Å². The van der Waals surface area contributed by atoms with E-state index in [1.165, 1.54) is 30.3 Å². The zero-order valence-corrected chi connectivity index (χ0v) is 25.3. The maximum Gasteiger partial charge on any atom is 0.270 e. The van der Waals surface area contributed by atoms with Gasteiger partial charge in [0.1, 0.15) is 5.75 Å². The first kappa shape index (κ1) is 29.8. The first-order chi connectivity index (χ1) is 21.8. The van der Waals surface area contributed by atoms with Gasteiger partial charge >= 0.3 is 0 Å². The molecular weight excluding hydrogens is 592 g/mol. The van der Waals surface area contributed by atoms with Crippen LogP contribution in [0.25, 0.3) is 0 Å². The molecule has 12 heteroatoms. The number of hydrogen-bond acceptors (Lipinski definition) is 9. The predicted octanol–water partition coefficient (Wildman–Crippen LogP) is 3.23. The van der Waals surface area contributed by atoms with Crippen molar-refractivity contribution >= 4 is 33.2 Å². The van der Waals surface area contributed by atoms with Gasteiger partial charge < -0.3 is 9.64 Å². The van der Waals surface area contributed by atoms with Crippen molar-refractivity contribution < 1.29 is 22.7 Å². The smallest absolute Gasteiger partial charge is 0.270 e. The van der Waals surface area contributed by atoms with Gasteiger partial charge in [-0.2, -0.15) is 5.26 Å². The van der Waals surface area contributed by atoms with Crippen molar-refractivity contribution in [3.05, 3.63) is 114 Å². The van der Waals surface area contributed by atoms with E-state index in [2.05, 4.69) is 21.4 Å². The zero-order chi connectivity index (χ0) is 31.6. The molecule has 1 atom stereocenters. The summed E-state index contributed by atoms with van der Waals surface area (Å²) in [4.78, 5) is 35.8. The van der Waals surface area contributed by atoms with Crippen LogP contribution in [0.5, 0.6) is 5.75 Å². The van der Waals surface area contributed by atoms with E-state index in [1.54, 1.807) is 66.8 Å². The van der Waals surface area contributed by atoms with Crippen molar-refractivity contribution in [3.8, 4) is 11.8 Å². The Kier molecular flexibility index (Phi) is 7.97. The summed E-state index contributed by atoms with van der Waals surface area (Å²) < 4.78 is 34.9. The molecule has 1 N–H and O–H groups in total. The molecule has 3 heterocycles. The molecule has 0 aliphatic carbocycles. The lowest BCUT2D eigenvalue weighted by Gasteiger charge is -2.38. The number of rotatable bonds is 8. The highest BCUT2D eigenvalue weighted by atomic mass is 32.2. The molecule has 0 bridgehead atoms. The molecule has 4 aromatic rings. The number of hydrogen-bond donors (Lipinski definition) is 1. The van der Waals surface area contributed by atoms with Crippen LogP contribution in [-0.4, -0.2) is 63.0 Å². The number of amides is 2. The second-order valence-electron chi connectivity index (χ2n) is 10.5. The van der Waals surface area contributed by atoms with Crippen LogP contribution in [0.3, 0.4) is 0 Å². The first-order valence-corrected chi connectivity index (χ1v) is 15.9. The third-order valence-corrected chi connectivity index (χ3v) is 9.74. The molecule has 3 aromatic carbocycles. The van der Waals surface area contributed by atoms with Crippen LogP contribution in [-0.2, 0) is 25.0 Å². The Balaban J connectivity index is 1.48. The number of anilines is 2. The molecule has 2 amide bonds. The standard InChI is InChI=1S/C33H30N6O5S/c1-2-44-30-11-7-6-10-27(30)33(31(40)36-38-20-18-37(19-21-38)25-14-16-35-17-15-25)28-22-24(23-34)12-13-29(28)39(32(33)41)45(42,43)26-8-4-3-5-9-26/h3-17,22H,2,18-21H2,1H3,(H,36,40). The maximum absolute atomic E-state index is 14.9. The van der Waals surface area contributed by atoms with Crippen LogP contribution >= 0.6 is 0 Å². The van der Waals surface area contributed by atoms with Gasteiger partial charge in [-0.25, -0.2) is 17.7 Å². The van der Waals surface area contributed by atoms with Crippen LogP contribution < -0.4 is 19.4 Å². The average molecular weight is 623 g/mol. The van der Waals surface area contributed by atoms with Gasteiger partial charge in [-0.05, 0) is 55.5 Å². The average Bonchev–Trinajstić information content (AvgIpc) is 3.34. The van der Waals surface area contributed by atoms with Gasteiger partial charge in [0.2, 0.25) is 0 Å². The number of piperazine rings is 1. The number of nitriles is 1. The number of sulfonamides is 1. The Morgan fingerprint density at radius 1 is 0.956 bits per heavy atom. The molecule has 45 heavy (non-hydrogen) atoms. The van der Waals surface area contributed by atoms with Gasteiger partial charge in [0.25, 0.3) is 21.8 Å². The summed E-state index contributed by atoms with van der Waals surface area (Å²) in [6.45, 7) is 4.05. The van der Waals surface area contributed by atoms with E-state index in [0.29, 0.717) is 30.5 Å². The molecule has 1 saturated heterocycles. The van der Waals surface area contributed by atoms with E-state index in [4.69, 9.17) is 4.74 Å². The van der Waals surface area contributed by atoms with E-state index in [9.17, 15) is 23.3 Å². The van der Waals surface area contributed by atoms with Gasteiger partial charge in [0.15, 0.2) is 5.41 Å². The second-order valence-corrected chi connectivity index (χ2v) is 12.3. The highest BCUT2D eigenvalue weighted by molar-refractivity contribution is 7.93. The number of aromatic nitrogens is 1. The summed E-state index contributed by atoms with van der Waals surface area (Å²) in [5.74, 6) is -1.49. The summed E-state index contributed by atoms with van der Waals surface area (Å²) in [6.07, 6.45) is 3.44. The third-order valence-electron chi connectivity index (χ3n) is 8.03. The third kappa shape index (κ3) is 5.05. The number of hydrazine groups is 1. The molecule has 0 spiro atoms. The Bertz CT molecular complexity index is 1890. The van der Waals surface area contributed by atoms with E-state index in [0.717, 1.165) is 5.69 Å². The lowest BCUT2D eigenvalue weighted by molar-refractivity contribution is -0.136. The van der Waals surface area contributed by atoms with Crippen molar-refractivity contribution in [2.24, 2.45) is 0 Å². The molecule has 0 saturated carbocycles. The Morgan fingerprint density at radius 2 is 1.64 bits per heavy atom. The zero-order valence-electron chi connectivity index (χ0n) is 24.5. The van der Waals surface area contributed by atoms with Crippen molar-refractivity contribution in [2.75, 3.05) is 42.0 Å². The van der Waals surface area contributed by atoms with Gasteiger partial charge in [0, 0.05) is 55.4 Å². The molecule has 2 aliphatic heterocycles. The van der Waals surface area contributed by atoms with Crippen molar-refractivity contribution in [2.45, 2.75) is 17.2 Å². The minimum atomic E-state index is -4.47. The van der Waals surface area contributed by atoms with E-state index in [1.807, 2.05) is 12.1 Å². The molecule has 11 nitrogen and oxygen atoms in total. The van der Waals surface area contributed by atoms with Crippen LogP contribution in [0, 0.1) is 11.3 Å². The number of ether oxygens (including phenoxy) is 1. The number of pyridine rings is 1. The minimum absolute atomic E-state index is 0.00758. The SMILES string of the molecule is CCOc1ccccc1C1(C(=O)NN2CCN(c3ccncc3)CC2)C(=O)N(S(=O)(=O)c2ccccc2)c2ccc(C#N)cc21. The van der Waals surface area contributed by atoms with E-state index < -0.39 is 27.3 Å². The number of nitrogens with zero attached hydrogens (tertiary/aromatic N) is 5. The molecule has 0 radical (unpaired) electrons. The topological polar surface area (TPSA) is 136 Å². The van der Waals surface area contributed by atoms with Gasteiger partial charge in [0.05, 0.1) is 28.8 Å². The van der Waals surface area contributed by atoms with E-state index in [-0.39, 0.29) is 39.6 Å². The monoisotopic (exact) mass is 622 g/mol. The van der Waals surface area contributed by atoms with Crippen molar-refractivity contribution in [3.63, 3.8) is 0 Å². The number of benzene rings is 3. The quantitative estimate of drug-likeness (QED) is 0.294. The normalized spacial score (nSPS) is 18.3. The van der Waals surface area contributed by atoms with E-state index >= 15 is 0 Å². The highest BCUT2D eigenvalue weighted by Crippen LogP contribution is 2.51. The fourth-order valence-electron chi connectivity index (χ4n) is 5.92. The molecule has 1 unspecified atom stereocenters. The fraction of sp³-hybridized carbons (Fsp3) is 0.212. The second kappa shape index (κ2) is 12.0. The van der Waals surface area contributed by atoms with Crippen LogP contribution in [0.15, 0.2) is 102 Å². The lowest BCUT2D eigenvalue weighted by atomic mass is 9.73. The maximum atomic E-state index is 14.9. The number of carbonyl (C=O) groups is 2. The van der Waals surface area contributed by atoms with Crippen molar-refractivity contribution in [1.82, 2.24) is 15.4 Å². The van der Waals surface area contributed by atoms with Crippen LogP contribution in [0.2, 0.25) is 0 Å². The first-order valence-electron chi connectivity index (χ1n) is 14.4. The van der Waals surface area contributed by atoms with Crippen LogP contribution in [0.4, 0.5) is 11.4 Å². The molecule has 1 aromatic heterocycles. The minimum Gasteiger partial charge on any atom is -0.494 e. The lowest BCUT2D eigenvalue weighted by Crippen LogP contribution is -2.60. The Hall–Kier alpha value is -5.25. The summed E-state index contributed by atoms with van der Waals surface area (Å²) in [5.41, 5.74) is 2.15. The number of fused-ring (bicyclic) bond motifs is 1. The number of carbonyl (C=O) groups excluding carboxylic acids is 2. The highest BCUT2D eigenvalue weighted by Gasteiger charge is 2.62. The Labute approximate surface area is 261 Å². The molecule has 1 fully saturated rings. The molecule has 228 valence electrons. The van der Waals surface area contributed by atoms with Gasteiger partial charge in [-0.15, -0.1) is 0 Å². The summed E-state index contributed by atoms with van der Waals surface area (Å²) in [7, 11) is -4.47.